The number of carbonyl (C=O) groups excluding carboxylic acids is 1. The van der Waals surface area contributed by atoms with E-state index in [4.69, 9.17) is 4.74 Å². The van der Waals surface area contributed by atoms with Crippen molar-refractivity contribution in [1.29, 1.82) is 0 Å². The van der Waals surface area contributed by atoms with E-state index < -0.39 is 0 Å². The number of esters is 1. The number of ether oxygens (including phenoxy) is 1. The number of carbonyl (C=O) groups is 1. The molecule has 0 radical (unpaired) electrons. The van der Waals surface area contributed by atoms with E-state index in [1.807, 2.05) is 18.2 Å². The van der Waals surface area contributed by atoms with Crippen LogP contribution in [0.4, 0.5) is 0 Å². The second-order valence-electron chi connectivity index (χ2n) is 5.68. The first-order valence-corrected chi connectivity index (χ1v) is 8.56. The van der Waals surface area contributed by atoms with Crippen molar-refractivity contribution in [3.63, 3.8) is 0 Å². The minimum atomic E-state index is -0.202. The van der Waals surface area contributed by atoms with Gasteiger partial charge in [-0.1, -0.05) is 82.9 Å². The second-order valence-corrected chi connectivity index (χ2v) is 5.68. The Balaban J connectivity index is 0. The molecule has 0 atom stereocenters. The Morgan fingerprint density at radius 2 is 1.36 bits per heavy atom. The van der Waals surface area contributed by atoms with Crippen LogP contribution in [-0.2, 0) is 4.74 Å². The van der Waals surface area contributed by atoms with Crippen LogP contribution in [0.25, 0.3) is 0 Å². The monoisotopic (exact) mass is 330 g/mol. The fraction of sp³-hybridized carbons (Fsp3) is 0.632. The molecule has 22 heavy (non-hydrogen) atoms. The predicted octanol–water partition coefficient (Wildman–Crippen LogP) is 2.88. The van der Waals surface area contributed by atoms with Crippen molar-refractivity contribution >= 4 is 5.97 Å². The molecule has 0 aliphatic rings. The molecule has 120 valence electrons. The Morgan fingerprint density at radius 1 is 0.864 bits per heavy atom. The van der Waals surface area contributed by atoms with Crippen molar-refractivity contribution in [3.05, 3.63) is 35.9 Å². The number of unbranched alkanes of at least 4 members (excludes halogenated alkanes) is 9. The average Bonchev–Trinajstić information content (AvgIpc) is 2.53. The van der Waals surface area contributed by atoms with Crippen LogP contribution in [0.2, 0.25) is 0 Å². The first kappa shape index (κ1) is 22.3. The molecule has 0 amide bonds. The van der Waals surface area contributed by atoms with Crippen LogP contribution in [-0.4, -0.2) is 12.6 Å². The molecule has 0 N–H and O–H groups in total. The molecule has 0 spiro atoms. The molecule has 3 heteroatoms. The van der Waals surface area contributed by atoms with E-state index in [9.17, 15) is 4.79 Å². The molecule has 0 heterocycles. The summed E-state index contributed by atoms with van der Waals surface area (Å²) in [5.74, 6) is -0.202. The molecule has 0 saturated carbocycles. The van der Waals surface area contributed by atoms with Crippen molar-refractivity contribution in [2.45, 2.75) is 71.1 Å². The molecule has 0 fully saturated rings. The quantitative estimate of drug-likeness (QED) is 0.335. The standard InChI is InChI=1S/C19H30O2.K.H/c1-2-3-4-5-6-7-8-9-10-14-17-21-19(20)18-15-12-11-13-16-18;;/h11-13,15-16H,2-10,14,17H2,1H3;;/q;+1;-1. The van der Waals surface area contributed by atoms with E-state index in [0.29, 0.717) is 12.2 Å². The van der Waals surface area contributed by atoms with Gasteiger partial charge in [0.05, 0.1) is 12.2 Å². The fourth-order valence-corrected chi connectivity index (χ4v) is 2.41. The smallest absolute Gasteiger partial charge is 1.00 e. The normalized spacial score (nSPS) is 10.0. The maximum atomic E-state index is 11.7. The zero-order valence-corrected chi connectivity index (χ0v) is 17.6. The van der Waals surface area contributed by atoms with Gasteiger partial charge in [-0.3, -0.25) is 0 Å². The SMILES string of the molecule is CCCCCCCCCCCCOC(=O)c1ccccc1.[H-].[K+]. The van der Waals surface area contributed by atoms with Gasteiger partial charge in [-0.2, -0.15) is 0 Å². The maximum Gasteiger partial charge on any atom is 1.00 e. The molecular weight excluding hydrogens is 299 g/mol. The van der Waals surface area contributed by atoms with E-state index in [1.54, 1.807) is 12.1 Å². The van der Waals surface area contributed by atoms with Crippen molar-refractivity contribution in [2.24, 2.45) is 0 Å². The number of benzene rings is 1. The largest absolute Gasteiger partial charge is 1.00 e. The minimum absolute atomic E-state index is 0. The summed E-state index contributed by atoms with van der Waals surface area (Å²) in [5, 5.41) is 0. The second kappa shape index (κ2) is 16.2. The number of rotatable bonds is 12. The first-order valence-electron chi connectivity index (χ1n) is 8.56. The molecular formula is C19H31KO2. The summed E-state index contributed by atoms with van der Waals surface area (Å²) in [4.78, 5) is 11.7. The third-order valence-electron chi connectivity index (χ3n) is 3.74. The Labute approximate surface area is 180 Å². The Hall–Kier alpha value is 0.326. The van der Waals surface area contributed by atoms with Gasteiger partial charge in [-0.25, -0.2) is 4.79 Å². The summed E-state index contributed by atoms with van der Waals surface area (Å²) in [6, 6.07) is 9.20. The topological polar surface area (TPSA) is 26.3 Å². The van der Waals surface area contributed by atoms with Crippen molar-refractivity contribution in [1.82, 2.24) is 0 Å². The van der Waals surface area contributed by atoms with Crippen LogP contribution < -0.4 is 51.4 Å². The molecule has 0 unspecified atom stereocenters. The first-order chi connectivity index (χ1) is 10.3. The van der Waals surface area contributed by atoms with Gasteiger partial charge in [0.1, 0.15) is 0 Å². The number of hydrogen-bond acceptors (Lipinski definition) is 2. The molecule has 0 aliphatic carbocycles. The Kier molecular flexibility index (Phi) is 16.4. The maximum absolute atomic E-state index is 11.7. The minimum Gasteiger partial charge on any atom is -1.00 e. The molecule has 1 rings (SSSR count). The Bertz CT molecular complexity index is 371. The van der Waals surface area contributed by atoms with E-state index in [2.05, 4.69) is 6.92 Å². The fourth-order valence-electron chi connectivity index (χ4n) is 2.41. The van der Waals surface area contributed by atoms with Crippen molar-refractivity contribution in [2.75, 3.05) is 6.61 Å². The molecule has 0 aromatic heterocycles. The van der Waals surface area contributed by atoms with Gasteiger partial charge in [-0.05, 0) is 18.6 Å². The van der Waals surface area contributed by atoms with Gasteiger partial charge in [0, 0.05) is 0 Å². The van der Waals surface area contributed by atoms with Crippen LogP contribution in [0, 0.1) is 0 Å². The zero-order valence-electron chi connectivity index (χ0n) is 15.5. The summed E-state index contributed by atoms with van der Waals surface area (Å²) in [6.07, 6.45) is 12.9. The Morgan fingerprint density at radius 3 is 1.91 bits per heavy atom. The molecule has 0 saturated heterocycles. The van der Waals surface area contributed by atoms with E-state index in [-0.39, 0.29) is 58.8 Å². The van der Waals surface area contributed by atoms with Crippen molar-refractivity contribution in [3.8, 4) is 0 Å². The summed E-state index contributed by atoms with van der Waals surface area (Å²) in [5.41, 5.74) is 0.643. The van der Waals surface area contributed by atoms with Gasteiger partial charge in [-0.15, -0.1) is 0 Å². The predicted molar refractivity (Wildman–Crippen MR) is 89.7 cm³/mol. The third-order valence-corrected chi connectivity index (χ3v) is 3.74. The van der Waals surface area contributed by atoms with Crippen LogP contribution in [0.1, 0.15) is 82.9 Å². The van der Waals surface area contributed by atoms with Crippen LogP contribution in [0.5, 0.6) is 0 Å². The summed E-state index contributed by atoms with van der Waals surface area (Å²) >= 11 is 0. The van der Waals surface area contributed by atoms with Gasteiger partial charge in [0.2, 0.25) is 0 Å². The van der Waals surface area contributed by atoms with Crippen LogP contribution in [0.3, 0.4) is 0 Å². The molecule has 0 aliphatic heterocycles. The summed E-state index contributed by atoms with van der Waals surface area (Å²) in [6.45, 7) is 2.80. The third kappa shape index (κ3) is 11.8. The van der Waals surface area contributed by atoms with E-state index in [1.165, 1.54) is 51.4 Å². The van der Waals surface area contributed by atoms with Gasteiger partial charge < -0.3 is 6.16 Å². The average molecular weight is 331 g/mol. The molecule has 0 bridgehead atoms. The zero-order chi connectivity index (χ0) is 15.2. The molecule has 1 aromatic rings. The van der Waals surface area contributed by atoms with E-state index in [0.717, 1.165) is 12.8 Å². The molecule has 2 nitrogen and oxygen atoms in total. The summed E-state index contributed by atoms with van der Waals surface area (Å²) < 4.78 is 5.26. The van der Waals surface area contributed by atoms with Crippen LogP contribution in [0.15, 0.2) is 30.3 Å². The van der Waals surface area contributed by atoms with Crippen molar-refractivity contribution < 1.29 is 62.3 Å². The van der Waals surface area contributed by atoms with Gasteiger partial charge in [0.25, 0.3) is 0 Å². The molecule has 1 aromatic carbocycles. The summed E-state index contributed by atoms with van der Waals surface area (Å²) in [7, 11) is 0. The van der Waals surface area contributed by atoms with Gasteiger partial charge >= 0.3 is 57.4 Å². The van der Waals surface area contributed by atoms with Gasteiger partial charge in [0.15, 0.2) is 0 Å². The van der Waals surface area contributed by atoms with E-state index >= 15 is 0 Å². The number of hydrogen-bond donors (Lipinski definition) is 0. The van der Waals surface area contributed by atoms with Crippen LogP contribution >= 0.6 is 0 Å².